The molecule has 2 unspecified atom stereocenters. The molecule has 0 saturated heterocycles. The highest BCUT2D eigenvalue weighted by molar-refractivity contribution is 5.29. The van der Waals surface area contributed by atoms with Gasteiger partial charge in [-0.05, 0) is 44.1 Å². The van der Waals surface area contributed by atoms with Crippen LogP contribution in [0.1, 0.15) is 39.7 Å². The van der Waals surface area contributed by atoms with E-state index in [1.165, 1.54) is 0 Å². The molecule has 0 bridgehead atoms. The fraction of sp³-hybridized carbons (Fsp3) is 0.647. The van der Waals surface area contributed by atoms with Crippen molar-refractivity contribution in [3.8, 4) is 5.75 Å². The predicted octanol–water partition coefficient (Wildman–Crippen LogP) is 3.11. The smallest absolute Gasteiger partial charge is 0.119 e. The van der Waals surface area contributed by atoms with Gasteiger partial charge in [0.1, 0.15) is 5.75 Å². The number of nitrogens with zero attached hydrogens (tertiary/aromatic N) is 1. The minimum absolute atomic E-state index is 0.188. The van der Waals surface area contributed by atoms with Crippen LogP contribution in [0.15, 0.2) is 24.3 Å². The third-order valence-corrected chi connectivity index (χ3v) is 4.48. The van der Waals surface area contributed by atoms with Crippen LogP contribution in [0, 0.1) is 0 Å². The number of ether oxygens (including phenoxy) is 1. The van der Waals surface area contributed by atoms with Gasteiger partial charge in [0, 0.05) is 12.0 Å². The molecule has 0 aliphatic heterocycles. The second-order valence-corrected chi connectivity index (χ2v) is 5.45. The Labute approximate surface area is 123 Å². The SMILES string of the molecule is CCN(CC)C(C)(CC)C(O)Cc1cccc(OC)c1. The Balaban J connectivity index is 2.88. The van der Waals surface area contributed by atoms with Gasteiger partial charge in [0.05, 0.1) is 13.2 Å². The van der Waals surface area contributed by atoms with E-state index in [1.807, 2.05) is 24.3 Å². The molecule has 0 saturated carbocycles. The number of benzene rings is 1. The summed E-state index contributed by atoms with van der Waals surface area (Å²) in [6.07, 6.45) is 1.19. The van der Waals surface area contributed by atoms with Crippen molar-refractivity contribution >= 4 is 0 Å². The Kier molecular flexibility index (Phi) is 6.50. The molecule has 0 radical (unpaired) electrons. The summed E-state index contributed by atoms with van der Waals surface area (Å²) >= 11 is 0. The lowest BCUT2D eigenvalue weighted by Crippen LogP contribution is -2.54. The molecule has 3 heteroatoms. The van der Waals surface area contributed by atoms with Crippen LogP contribution in [0.5, 0.6) is 5.75 Å². The first-order valence-corrected chi connectivity index (χ1v) is 7.57. The summed E-state index contributed by atoms with van der Waals surface area (Å²) in [6, 6.07) is 7.95. The zero-order chi connectivity index (χ0) is 15.2. The lowest BCUT2D eigenvalue weighted by atomic mass is 9.85. The zero-order valence-corrected chi connectivity index (χ0v) is 13.5. The van der Waals surface area contributed by atoms with Crippen molar-refractivity contribution in [3.05, 3.63) is 29.8 Å². The molecule has 114 valence electrons. The Hall–Kier alpha value is -1.06. The van der Waals surface area contributed by atoms with Crippen LogP contribution in [0.2, 0.25) is 0 Å². The van der Waals surface area contributed by atoms with Crippen LogP contribution in [-0.2, 0) is 6.42 Å². The summed E-state index contributed by atoms with van der Waals surface area (Å²) in [4.78, 5) is 2.35. The number of hydrogen-bond donors (Lipinski definition) is 1. The standard InChI is InChI=1S/C17H29NO2/c1-6-17(4,18(7-2)8-3)16(19)13-14-10-9-11-15(12-14)20-5/h9-12,16,19H,6-8,13H2,1-5H3. The van der Waals surface area contributed by atoms with Crippen LogP contribution >= 0.6 is 0 Å². The van der Waals surface area contributed by atoms with E-state index in [2.05, 4.69) is 32.6 Å². The first-order valence-electron chi connectivity index (χ1n) is 7.57. The highest BCUT2D eigenvalue weighted by Crippen LogP contribution is 2.26. The Morgan fingerprint density at radius 2 is 1.90 bits per heavy atom. The molecular formula is C17H29NO2. The molecule has 0 aliphatic carbocycles. The average molecular weight is 279 g/mol. The first kappa shape index (κ1) is 17.0. The normalized spacial score (nSPS) is 15.9. The van der Waals surface area contributed by atoms with Gasteiger partial charge in [-0.2, -0.15) is 0 Å². The molecule has 0 fully saturated rings. The third kappa shape index (κ3) is 3.74. The van der Waals surface area contributed by atoms with Crippen molar-refractivity contribution in [2.24, 2.45) is 0 Å². The van der Waals surface area contributed by atoms with Crippen LogP contribution in [0.25, 0.3) is 0 Å². The maximum Gasteiger partial charge on any atom is 0.119 e. The van der Waals surface area contributed by atoms with Gasteiger partial charge < -0.3 is 9.84 Å². The van der Waals surface area contributed by atoms with Crippen LogP contribution in [0.4, 0.5) is 0 Å². The van der Waals surface area contributed by atoms with Crippen molar-refractivity contribution in [3.63, 3.8) is 0 Å². The summed E-state index contributed by atoms with van der Waals surface area (Å²) in [7, 11) is 1.67. The van der Waals surface area contributed by atoms with Gasteiger partial charge in [0.25, 0.3) is 0 Å². The maximum absolute atomic E-state index is 10.7. The number of rotatable bonds is 8. The fourth-order valence-corrected chi connectivity index (χ4v) is 2.86. The highest BCUT2D eigenvalue weighted by atomic mass is 16.5. The molecule has 1 rings (SSSR count). The minimum atomic E-state index is -0.389. The van der Waals surface area contributed by atoms with E-state index in [9.17, 15) is 5.11 Å². The average Bonchev–Trinajstić information content (AvgIpc) is 2.48. The molecule has 20 heavy (non-hydrogen) atoms. The summed E-state index contributed by atoms with van der Waals surface area (Å²) in [5.74, 6) is 0.843. The van der Waals surface area contributed by atoms with Crippen molar-refractivity contribution in [1.82, 2.24) is 4.90 Å². The maximum atomic E-state index is 10.7. The number of aliphatic hydroxyl groups excluding tert-OH is 1. The molecule has 0 spiro atoms. The molecule has 0 heterocycles. The summed E-state index contributed by atoms with van der Waals surface area (Å²) in [5, 5.41) is 10.7. The lowest BCUT2D eigenvalue weighted by Gasteiger charge is -2.43. The quantitative estimate of drug-likeness (QED) is 0.793. The van der Waals surface area contributed by atoms with E-state index in [-0.39, 0.29) is 11.6 Å². The second-order valence-electron chi connectivity index (χ2n) is 5.45. The molecule has 3 nitrogen and oxygen atoms in total. The zero-order valence-electron chi connectivity index (χ0n) is 13.5. The summed E-state index contributed by atoms with van der Waals surface area (Å²) < 4.78 is 5.25. The molecule has 1 N–H and O–H groups in total. The van der Waals surface area contributed by atoms with Gasteiger partial charge >= 0.3 is 0 Å². The van der Waals surface area contributed by atoms with Gasteiger partial charge in [-0.3, -0.25) is 4.90 Å². The van der Waals surface area contributed by atoms with Crippen molar-refractivity contribution in [2.75, 3.05) is 20.2 Å². The molecule has 0 aliphatic rings. The summed E-state index contributed by atoms with van der Waals surface area (Å²) in [5.41, 5.74) is 0.927. The topological polar surface area (TPSA) is 32.7 Å². The molecule has 0 aromatic heterocycles. The largest absolute Gasteiger partial charge is 0.497 e. The monoisotopic (exact) mass is 279 g/mol. The Morgan fingerprint density at radius 1 is 1.25 bits per heavy atom. The first-order chi connectivity index (χ1) is 9.51. The van der Waals surface area contributed by atoms with Crippen LogP contribution < -0.4 is 4.74 Å². The van der Waals surface area contributed by atoms with Gasteiger partial charge in [-0.1, -0.05) is 32.9 Å². The number of aliphatic hydroxyl groups is 1. The van der Waals surface area contributed by atoms with Crippen molar-refractivity contribution in [1.29, 1.82) is 0 Å². The van der Waals surface area contributed by atoms with Crippen molar-refractivity contribution in [2.45, 2.75) is 52.2 Å². The Morgan fingerprint density at radius 3 is 2.40 bits per heavy atom. The fourth-order valence-electron chi connectivity index (χ4n) is 2.86. The second kappa shape index (κ2) is 7.65. The van der Waals surface area contributed by atoms with E-state index in [0.29, 0.717) is 6.42 Å². The van der Waals surface area contributed by atoms with Gasteiger partial charge in [-0.25, -0.2) is 0 Å². The molecule has 2 atom stereocenters. The van der Waals surface area contributed by atoms with Crippen molar-refractivity contribution < 1.29 is 9.84 Å². The van der Waals surface area contributed by atoms with E-state index in [0.717, 1.165) is 30.8 Å². The molecule has 0 amide bonds. The van der Waals surface area contributed by atoms with Crippen LogP contribution in [0.3, 0.4) is 0 Å². The lowest BCUT2D eigenvalue weighted by molar-refractivity contribution is -0.0190. The van der Waals surface area contributed by atoms with E-state index >= 15 is 0 Å². The van der Waals surface area contributed by atoms with E-state index in [1.54, 1.807) is 7.11 Å². The van der Waals surface area contributed by atoms with E-state index in [4.69, 9.17) is 4.74 Å². The van der Waals surface area contributed by atoms with E-state index < -0.39 is 0 Å². The Bertz CT molecular complexity index is 404. The molecule has 1 aromatic carbocycles. The number of likely N-dealkylation sites (N-methyl/N-ethyl adjacent to an activating group) is 1. The molecular weight excluding hydrogens is 250 g/mol. The predicted molar refractivity (Wildman–Crippen MR) is 84.3 cm³/mol. The van der Waals surface area contributed by atoms with Gasteiger partial charge in [0.15, 0.2) is 0 Å². The number of methoxy groups -OCH3 is 1. The highest BCUT2D eigenvalue weighted by Gasteiger charge is 2.35. The molecule has 1 aromatic rings. The van der Waals surface area contributed by atoms with Crippen LogP contribution in [-0.4, -0.2) is 41.8 Å². The third-order valence-electron chi connectivity index (χ3n) is 4.48. The summed E-state index contributed by atoms with van der Waals surface area (Å²) in [6.45, 7) is 10.5. The van der Waals surface area contributed by atoms with Gasteiger partial charge in [0.2, 0.25) is 0 Å². The number of hydrogen-bond acceptors (Lipinski definition) is 3. The van der Waals surface area contributed by atoms with Gasteiger partial charge in [-0.15, -0.1) is 0 Å². The minimum Gasteiger partial charge on any atom is -0.497 e.